The number of aryl methyl sites for hydroxylation is 1. The van der Waals surface area contributed by atoms with Crippen molar-refractivity contribution >= 4 is 24.5 Å². The van der Waals surface area contributed by atoms with Crippen LogP contribution in [0.1, 0.15) is 148 Å². The van der Waals surface area contributed by atoms with Crippen LogP contribution in [0.25, 0.3) is 0 Å². The largest absolute Gasteiger partial charge is 0.507 e. The van der Waals surface area contributed by atoms with Gasteiger partial charge in [0, 0.05) is 58.7 Å². The zero-order valence-electron chi connectivity index (χ0n) is 35.8. The first-order valence-corrected chi connectivity index (χ1v) is 20.5. The molecule has 0 bridgehead atoms. The number of benzene rings is 2. The number of hydrogen-bond acceptors (Lipinski definition) is 7. The fourth-order valence-electron chi connectivity index (χ4n) is 7.98. The Balaban J connectivity index is 0.00000160. The van der Waals surface area contributed by atoms with Crippen molar-refractivity contribution in [2.75, 3.05) is 39.3 Å². The summed E-state index contributed by atoms with van der Waals surface area (Å²) in [5.74, 6) is 2.11. The van der Waals surface area contributed by atoms with E-state index in [0.717, 1.165) is 100 Å². The van der Waals surface area contributed by atoms with Gasteiger partial charge >= 0.3 is 12.1 Å². The molecular formula is C45H70CoN5O5+. The molecule has 1 saturated carbocycles. The minimum atomic E-state index is -1.83. The topological polar surface area (TPSA) is 132 Å². The molecule has 2 heterocycles. The molecule has 1 aliphatic carbocycles. The SMILES string of the molecule is CCN1CCC[N+]2=C1N(CCCc1cc(C(C)(C)C)cc(C=NC3CCCCC3N=Cc3cc(C(C)(C)C)cc(C(C)(C)C)c3O)c1O)CCC2.O=C(O)O.[Co]. The van der Waals surface area contributed by atoms with E-state index in [0.29, 0.717) is 11.5 Å². The second-order valence-corrected chi connectivity index (χ2v) is 18.7. The van der Waals surface area contributed by atoms with E-state index in [2.05, 4.69) is 108 Å². The molecule has 2 aromatic rings. The summed E-state index contributed by atoms with van der Waals surface area (Å²) in [5.41, 5.74) is 5.69. The fraction of sp³-hybridized carbons (Fsp3) is 0.644. The molecule has 0 saturated heterocycles. The molecule has 4 N–H and O–H groups in total. The summed E-state index contributed by atoms with van der Waals surface area (Å²) in [7, 11) is 0. The number of carboxylic acid groups (broad SMARTS) is 2. The van der Waals surface area contributed by atoms with E-state index in [9.17, 15) is 10.2 Å². The Morgan fingerprint density at radius 1 is 0.750 bits per heavy atom. The molecular weight excluding hydrogens is 749 g/mol. The molecule has 2 atom stereocenters. The molecule has 0 aromatic heterocycles. The van der Waals surface area contributed by atoms with Crippen LogP contribution in [-0.4, -0.2) is 111 Å². The van der Waals surface area contributed by atoms with E-state index in [1.165, 1.54) is 29.9 Å². The van der Waals surface area contributed by atoms with Crippen LogP contribution < -0.4 is 0 Å². The molecule has 11 heteroatoms. The Morgan fingerprint density at radius 3 is 1.71 bits per heavy atom. The molecule has 313 valence electrons. The van der Waals surface area contributed by atoms with E-state index in [1.54, 1.807) is 0 Å². The second kappa shape index (κ2) is 19.7. The van der Waals surface area contributed by atoms with Gasteiger partial charge < -0.3 is 20.4 Å². The summed E-state index contributed by atoms with van der Waals surface area (Å²) < 4.78 is 2.58. The average Bonchev–Trinajstić information content (AvgIpc) is 3.09. The van der Waals surface area contributed by atoms with Crippen LogP contribution in [-0.2, 0) is 39.4 Å². The van der Waals surface area contributed by atoms with Crippen molar-refractivity contribution in [1.29, 1.82) is 0 Å². The van der Waals surface area contributed by atoms with Crippen molar-refractivity contribution in [3.8, 4) is 11.5 Å². The summed E-state index contributed by atoms with van der Waals surface area (Å²) in [6.45, 7) is 28.7. The first kappa shape index (κ1) is 46.8. The molecule has 2 unspecified atom stereocenters. The molecule has 2 aliphatic heterocycles. The summed E-state index contributed by atoms with van der Waals surface area (Å²) in [4.78, 5) is 23.9. The Kier molecular flexibility index (Phi) is 16.5. The van der Waals surface area contributed by atoms with Gasteiger partial charge in [0.05, 0.1) is 51.4 Å². The summed E-state index contributed by atoms with van der Waals surface area (Å²) in [5, 5.41) is 37.0. The minimum Gasteiger partial charge on any atom is -0.507 e. The smallest absolute Gasteiger partial charge is 0.503 e. The van der Waals surface area contributed by atoms with Gasteiger partial charge in [-0.3, -0.25) is 24.4 Å². The van der Waals surface area contributed by atoms with E-state index in [-0.39, 0.29) is 45.1 Å². The quantitative estimate of drug-likeness (QED) is 0.147. The normalized spacial score (nSPS) is 19.5. The summed E-state index contributed by atoms with van der Waals surface area (Å²) in [6.07, 6.45) is 10.4. The minimum absolute atomic E-state index is 0. The van der Waals surface area contributed by atoms with Gasteiger partial charge in [0.2, 0.25) is 0 Å². The zero-order valence-corrected chi connectivity index (χ0v) is 36.8. The van der Waals surface area contributed by atoms with Gasteiger partial charge in [-0.05, 0) is 77.7 Å². The van der Waals surface area contributed by atoms with Crippen LogP contribution in [0.2, 0.25) is 0 Å². The van der Waals surface area contributed by atoms with Gasteiger partial charge in [0.1, 0.15) is 11.5 Å². The zero-order chi connectivity index (χ0) is 40.7. The van der Waals surface area contributed by atoms with Crippen molar-refractivity contribution in [3.63, 3.8) is 0 Å². The molecule has 0 spiro atoms. The molecule has 5 rings (SSSR count). The Bertz CT molecular complexity index is 1730. The van der Waals surface area contributed by atoms with Gasteiger partial charge in [-0.2, -0.15) is 0 Å². The standard InChI is InChI=1S/C44H67N5O2.CH2O3.Co/c1-11-47-21-15-22-49-24-16-23-48(41(47)49)20-14-17-31-25-34(42(2,3)4)26-32(39(31)50)29-45-37-18-12-13-19-38(37)46-30-33-27-35(43(5,6)7)28-36(40(33)51)44(8,9)10;2-1(3)4;/h25-30,37-38H,11-24H2,1-10H3,(H-,45,46,50,51);(H2,2,3,4);/p+1. The second-order valence-electron chi connectivity index (χ2n) is 18.7. The first-order chi connectivity index (χ1) is 25.7. The van der Waals surface area contributed by atoms with Gasteiger partial charge in [-0.15, -0.1) is 0 Å². The molecule has 56 heavy (non-hydrogen) atoms. The Morgan fingerprint density at radius 2 is 1.23 bits per heavy atom. The third-order valence-electron chi connectivity index (χ3n) is 11.2. The van der Waals surface area contributed by atoms with Gasteiger partial charge in [-0.1, -0.05) is 87.3 Å². The number of nitrogens with zero attached hydrogens (tertiary/aromatic N) is 5. The third kappa shape index (κ3) is 12.5. The number of phenolic OH excluding ortho intramolecular Hbond substituents is 2. The van der Waals surface area contributed by atoms with Crippen LogP contribution in [0.5, 0.6) is 11.5 Å². The predicted molar refractivity (Wildman–Crippen MR) is 226 cm³/mol. The maximum atomic E-state index is 11.7. The third-order valence-corrected chi connectivity index (χ3v) is 11.2. The van der Waals surface area contributed by atoms with Crippen molar-refractivity contribution < 1.29 is 46.6 Å². The molecule has 10 nitrogen and oxygen atoms in total. The average molecular weight is 820 g/mol. The number of hydrogen-bond donors (Lipinski definition) is 4. The fourth-order valence-corrected chi connectivity index (χ4v) is 7.98. The maximum Gasteiger partial charge on any atom is 0.503 e. The Labute approximate surface area is 347 Å². The van der Waals surface area contributed by atoms with Crippen LogP contribution in [0.3, 0.4) is 0 Å². The molecule has 2 aromatic carbocycles. The number of aliphatic imine (C=N–C) groups is 2. The number of guanidine groups is 1. The van der Waals surface area contributed by atoms with Crippen LogP contribution in [0.4, 0.5) is 4.79 Å². The van der Waals surface area contributed by atoms with E-state index >= 15 is 0 Å². The number of aromatic hydroxyl groups is 2. The van der Waals surface area contributed by atoms with Crippen molar-refractivity contribution in [1.82, 2.24) is 9.80 Å². The van der Waals surface area contributed by atoms with Gasteiger partial charge in [-0.25, -0.2) is 4.79 Å². The van der Waals surface area contributed by atoms with Crippen LogP contribution >= 0.6 is 0 Å². The summed E-state index contributed by atoms with van der Waals surface area (Å²) in [6, 6.07) is 8.67. The van der Waals surface area contributed by atoms with Crippen molar-refractivity contribution in [2.45, 2.75) is 149 Å². The van der Waals surface area contributed by atoms with E-state index in [1.807, 2.05) is 12.4 Å². The van der Waals surface area contributed by atoms with E-state index < -0.39 is 6.16 Å². The van der Waals surface area contributed by atoms with Gasteiger partial charge in [0.15, 0.2) is 0 Å². The molecule has 0 amide bonds. The van der Waals surface area contributed by atoms with Crippen molar-refractivity contribution in [3.05, 3.63) is 57.6 Å². The molecule has 1 fully saturated rings. The monoisotopic (exact) mass is 819 g/mol. The van der Waals surface area contributed by atoms with Crippen LogP contribution in [0, 0.1) is 0 Å². The van der Waals surface area contributed by atoms with E-state index in [4.69, 9.17) is 25.0 Å². The number of rotatable bonds is 9. The molecule has 3 aliphatic rings. The summed E-state index contributed by atoms with van der Waals surface area (Å²) >= 11 is 0. The Hall–Kier alpha value is -3.57. The van der Waals surface area contributed by atoms with Crippen molar-refractivity contribution in [2.24, 2.45) is 9.98 Å². The van der Waals surface area contributed by atoms with Crippen LogP contribution in [0.15, 0.2) is 34.3 Å². The van der Waals surface area contributed by atoms with Gasteiger partial charge in [0.25, 0.3) is 0 Å². The first-order valence-electron chi connectivity index (χ1n) is 20.5. The predicted octanol–water partition coefficient (Wildman–Crippen LogP) is 8.79. The number of carbonyl (C=O) groups is 1. The molecule has 1 radical (unpaired) electrons. The number of phenols is 2. The maximum absolute atomic E-state index is 11.7.